The third-order valence-electron chi connectivity index (χ3n) is 7.55. The highest BCUT2D eigenvalue weighted by Gasteiger charge is 2.68. The summed E-state index contributed by atoms with van der Waals surface area (Å²) < 4.78 is 33.5. The van der Waals surface area contributed by atoms with Gasteiger partial charge in [0.1, 0.15) is 41.5 Å². The van der Waals surface area contributed by atoms with E-state index < -0.39 is 84.8 Å². The van der Waals surface area contributed by atoms with Crippen LogP contribution in [0.5, 0.6) is 11.5 Å². The second-order valence-corrected chi connectivity index (χ2v) is 10.1. The Morgan fingerprint density at radius 3 is 2.62 bits per heavy atom. The van der Waals surface area contributed by atoms with E-state index in [0.717, 1.165) is 0 Å². The molecule has 6 N–H and O–H groups in total. The van der Waals surface area contributed by atoms with Gasteiger partial charge in [0, 0.05) is 18.3 Å². The smallest absolute Gasteiger partial charge is 0.338 e. The lowest BCUT2D eigenvalue weighted by molar-refractivity contribution is -0.370. The number of ether oxygens (including phenoxy) is 6. The van der Waals surface area contributed by atoms with Crippen molar-refractivity contribution in [2.45, 2.75) is 66.8 Å². The number of hydrogen-bond acceptors (Lipinski definition) is 13. The van der Waals surface area contributed by atoms with Crippen molar-refractivity contribution in [2.24, 2.45) is 11.8 Å². The molecule has 5 aliphatic rings. The molecular formula is C23H29ClO13. The number of carbonyl (C=O) groups is 1. The molecule has 37 heavy (non-hydrogen) atoms. The van der Waals surface area contributed by atoms with Gasteiger partial charge in [-0.15, -0.1) is 11.6 Å². The molecule has 0 amide bonds. The van der Waals surface area contributed by atoms with Crippen LogP contribution < -0.4 is 4.74 Å². The van der Waals surface area contributed by atoms with Crippen LogP contribution in [0, 0.1) is 11.8 Å². The zero-order valence-corrected chi connectivity index (χ0v) is 20.4. The fourth-order valence-corrected chi connectivity index (χ4v) is 6.02. The Balaban J connectivity index is 1.38. The van der Waals surface area contributed by atoms with Crippen LogP contribution >= 0.6 is 11.6 Å². The van der Waals surface area contributed by atoms with Gasteiger partial charge < -0.3 is 59.1 Å². The molecular weight excluding hydrogens is 520 g/mol. The fraction of sp³-hybridized carbons (Fsp3) is 0.696. The van der Waals surface area contributed by atoms with Crippen LogP contribution in [0.2, 0.25) is 0 Å². The number of hydrogen-bond donors (Lipinski definition) is 6. The highest BCUT2D eigenvalue weighted by Crippen LogP contribution is 2.55. The first-order valence-electron chi connectivity index (χ1n) is 11.8. The molecule has 6 rings (SSSR count). The number of benzene rings is 1. The molecule has 206 valence electrons. The minimum atomic E-state index is -1.77. The molecule has 4 heterocycles. The van der Waals surface area contributed by atoms with E-state index in [1.54, 1.807) is 0 Å². The summed E-state index contributed by atoms with van der Waals surface area (Å²) in [6.45, 7) is -0.898. The minimum absolute atomic E-state index is 0.0753. The topological polar surface area (TPSA) is 194 Å². The lowest BCUT2D eigenvalue weighted by atomic mass is 9.83. The Morgan fingerprint density at radius 2 is 1.92 bits per heavy atom. The molecule has 0 spiro atoms. The largest absolute Gasteiger partial charge is 0.504 e. The molecule has 1 saturated carbocycles. The van der Waals surface area contributed by atoms with Crippen LogP contribution in [-0.2, 0) is 23.7 Å². The van der Waals surface area contributed by atoms with Crippen molar-refractivity contribution in [3.63, 3.8) is 0 Å². The number of phenols is 1. The number of alkyl halides is 1. The Labute approximate surface area is 216 Å². The summed E-state index contributed by atoms with van der Waals surface area (Å²) in [5.74, 6) is -2.32. The second kappa shape index (κ2) is 10.1. The van der Waals surface area contributed by atoms with E-state index in [2.05, 4.69) is 0 Å². The molecule has 1 aliphatic carbocycles. The number of carbonyl (C=O) groups excluding carboxylic acids is 1. The molecule has 4 saturated heterocycles. The molecule has 12 atom stereocenters. The normalized spacial score (nSPS) is 44.9. The van der Waals surface area contributed by atoms with Crippen molar-refractivity contribution in [3.05, 3.63) is 23.8 Å². The van der Waals surface area contributed by atoms with E-state index in [0.29, 0.717) is 0 Å². The fourth-order valence-electron chi connectivity index (χ4n) is 5.57. The third-order valence-corrected chi connectivity index (χ3v) is 8.17. The molecule has 14 heteroatoms. The van der Waals surface area contributed by atoms with Crippen molar-refractivity contribution < 1.29 is 63.9 Å². The maximum absolute atomic E-state index is 13.0. The molecule has 0 unspecified atom stereocenters. The van der Waals surface area contributed by atoms with Crippen LogP contribution in [0.1, 0.15) is 16.8 Å². The molecule has 1 aromatic carbocycles. The monoisotopic (exact) mass is 548 g/mol. The Morgan fingerprint density at radius 1 is 1.16 bits per heavy atom. The molecule has 1 aromatic rings. The van der Waals surface area contributed by atoms with E-state index in [1.807, 2.05) is 0 Å². The number of methoxy groups -OCH3 is 1. The quantitative estimate of drug-likeness (QED) is 0.176. The predicted molar refractivity (Wildman–Crippen MR) is 120 cm³/mol. The lowest BCUT2D eigenvalue weighted by Crippen LogP contribution is -2.61. The maximum atomic E-state index is 13.0. The molecule has 0 aromatic heterocycles. The van der Waals surface area contributed by atoms with E-state index in [-0.39, 0.29) is 30.1 Å². The minimum Gasteiger partial charge on any atom is -0.504 e. The zero-order chi connectivity index (χ0) is 26.6. The Hall–Kier alpha value is -1.78. The number of aliphatic hydroxyl groups is 5. The van der Waals surface area contributed by atoms with E-state index in [9.17, 15) is 35.4 Å². The van der Waals surface area contributed by atoms with E-state index >= 15 is 0 Å². The van der Waals surface area contributed by atoms with Crippen LogP contribution in [0.25, 0.3) is 0 Å². The zero-order valence-electron chi connectivity index (χ0n) is 19.6. The van der Waals surface area contributed by atoms with E-state index in [4.69, 9.17) is 40.0 Å². The molecule has 5 fully saturated rings. The van der Waals surface area contributed by atoms with Gasteiger partial charge in [-0.25, -0.2) is 4.79 Å². The first-order valence-corrected chi connectivity index (χ1v) is 12.2. The summed E-state index contributed by atoms with van der Waals surface area (Å²) in [6.07, 6.45) is -10.6. The standard InChI is InChI=1S/C23H29ClO13/c1-32-11-4-8(2-3-10(11)26)20(30)36-18-9-5-13-33-7-23(31,19(18)24)14(9)21(35-13)37-22-17(29)16(28)15(27)12(6-25)34-22/h2-4,9,12-19,21-22,25-29,31H,5-7H2,1H3/t9-,12-,13+,14-,15-,16+,17-,18+,19-,21+,22+,23-/m1/s1. The van der Waals surface area contributed by atoms with Gasteiger partial charge >= 0.3 is 5.97 Å². The van der Waals surface area contributed by atoms with Gasteiger partial charge in [-0.05, 0) is 18.2 Å². The first-order chi connectivity index (χ1) is 17.6. The van der Waals surface area contributed by atoms with Gasteiger partial charge in [0.25, 0.3) is 0 Å². The average molecular weight is 549 g/mol. The van der Waals surface area contributed by atoms with Gasteiger partial charge in [0.2, 0.25) is 0 Å². The number of phenolic OH excluding ortho intramolecular Hbond substituents is 1. The summed E-state index contributed by atoms with van der Waals surface area (Å²) in [7, 11) is 1.34. The lowest BCUT2D eigenvalue weighted by Gasteiger charge is -2.44. The van der Waals surface area contributed by atoms with Crippen LogP contribution in [0.3, 0.4) is 0 Å². The molecule has 13 nitrogen and oxygen atoms in total. The summed E-state index contributed by atoms with van der Waals surface area (Å²) >= 11 is 6.66. The summed E-state index contributed by atoms with van der Waals surface area (Å²) in [4.78, 5) is 13.0. The van der Waals surface area contributed by atoms with Gasteiger partial charge in [-0.1, -0.05) is 0 Å². The van der Waals surface area contributed by atoms with Crippen molar-refractivity contribution in [2.75, 3.05) is 20.3 Å². The van der Waals surface area contributed by atoms with Gasteiger partial charge in [-0.3, -0.25) is 0 Å². The maximum Gasteiger partial charge on any atom is 0.338 e. The Kier molecular flexibility index (Phi) is 7.30. The summed E-state index contributed by atoms with van der Waals surface area (Å²) in [5, 5.41) is 60.3. The van der Waals surface area contributed by atoms with Crippen molar-refractivity contribution >= 4 is 17.6 Å². The second-order valence-electron chi connectivity index (χ2n) is 9.65. The number of aliphatic hydroxyl groups excluding tert-OH is 4. The third kappa shape index (κ3) is 4.46. The SMILES string of the molecule is COc1cc(C(=O)O[C@H]2[C@@H]3C[C@H]4OC[C@@](O)([C@H]3[C@H](O[C@@H]3O[C@H](CO)[C@@H](O)[C@H](O)[C@H]3O)O4)[C@@H]2Cl)ccc1O. The number of esters is 1. The molecule has 4 bridgehead atoms. The Bertz CT molecular complexity index is 1010. The van der Waals surface area contributed by atoms with E-state index in [1.165, 1.54) is 25.3 Å². The number of fused-ring (bicyclic) bond motifs is 2. The van der Waals surface area contributed by atoms with Crippen molar-refractivity contribution in [1.29, 1.82) is 0 Å². The molecule has 4 aliphatic heterocycles. The number of aromatic hydroxyl groups is 1. The molecule has 0 radical (unpaired) electrons. The van der Waals surface area contributed by atoms with Crippen LogP contribution in [0.4, 0.5) is 0 Å². The van der Waals surface area contributed by atoms with Gasteiger partial charge in [-0.2, -0.15) is 0 Å². The highest BCUT2D eigenvalue weighted by atomic mass is 35.5. The first kappa shape index (κ1) is 26.8. The number of halogens is 1. The summed E-state index contributed by atoms with van der Waals surface area (Å²) in [6, 6.07) is 3.95. The predicted octanol–water partition coefficient (Wildman–Crippen LogP) is -1.57. The highest BCUT2D eigenvalue weighted by molar-refractivity contribution is 6.22. The van der Waals surface area contributed by atoms with Crippen molar-refractivity contribution in [3.8, 4) is 11.5 Å². The van der Waals surface area contributed by atoms with Crippen molar-refractivity contribution in [1.82, 2.24) is 0 Å². The van der Waals surface area contributed by atoms with Gasteiger partial charge in [0.15, 0.2) is 30.4 Å². The summed E-state index contributed by atoms with van der Waals surface area (Å²) in [5.41, 5.74) is -1.68. The van der Waals surface area contributed by atoms with Crippen LogP contribution in [-0.4, -0.2) is 117 Å². The average Bonchev–Trinajstić information content (AvgIpc) is 3.00. The number of rotatable bonds is 6. The van der Waals surface area contributed by atoms with Gasteiger partial charge in [0.05, 0.1) is 25.9 Å². The van der Waals surface area contributed by atoms with Crippen LogP contribution in [0.15, 0.2) is 18.2 Å².